The first kappa shape index (κ1) is 23.7. The molecule has 0 aliphatic carbocycles. The standard InChI is InChI=1S/C27H24FN5O2/c1-16-4-5-21(33-26(35)18-7-9-32-24(12-18)27(2,3)28)13-22(16)20-10-19(14-30-15-20)17-6-8-31-23(11-17)25(29)34/h4-15H,1-3H3,(H2,29,34)(H,33,35). The molecule has 4 aromatic rings. The number of aryl methyl sites for hydroxylation is 1. The van der Waals surface area contributed by atoms with Crippen LogP contribution in [0, 0.1) is 6.92 Å². The zero-order valence-corrected chi connectivity index (χ0v) is 19.5. The molecule has 1 aromatic carbocycles. The van der Waals surface area contributed by atoms with Gasteiger partial charge in [0.15, 0.2) is 0 Å². The van der Waals surface area contributed by atoms with Crippen LogP contribution < -0.4 is 11.1 Å². The highest BCUT2D eigenvalue weighted by atomic mass is 19.1. The van der Waals surface area contributed by atoms with Crippen LogP contribution in [-0.2, 0) is 5.67 Å². The molecule has 0 bridgehead atoms. The largest absolute Gasteiger partial charge is 0.364 e. The lowest BCUT2D eigenvalue weighted by Gasteiger charge is -2.15. The number of amides is 2. The lowest BCUT2D eigenvalue weighted by Crippen LogP contribution is -2.16. The second-order valence-corrected chi connectivity index (χ2v) is 8.64. The number of nitrogens with one attached hydrogen (secondary N) is 1. The van der Waals surface area contributed by atoms with Gasteiger partial charge in [-0.05, 0) is 79.9 Å². The maximum absolute atomic E-state index is 14.3. The Bertz CT molecular complexity index is 1430. The average Bonchev–Trinajstić information content (AvgIpc) is 2.85. The topological polar surface area (TPSA) is 111 Å². The third-order valence-electron chi connectivity index (χ3n) is 5.52. The lowest BCUT2D eigenvalue weighted by atomic mass is 9.98. The van der Waals surface area contributed by atoms with E-state index < -0.39 is 11.6 Å². The van der Waals surface area contributed by atoms with Crippen molar-refractivity contribution in [3.63, 3.8) is 0 Å². The molecule has 3 N–H and O–H groups in total. The van der Waals surface area contributed by atoms with Gasteiger partial charge in [-0.3, -0.25) is 24.5 Å². The number of halogens is 1. The number of carbonyl (C=O) groups is 2. The fourth-order valence-electron chi connectivity index (χ4n) is 3.60. The maximum atomic E-state index is 14.3. The summed E-state index contributed by atoms with van der Waals surface area (Å²) in [6, 6.07) is 13.9. The van der Waals surface area contributed by atoms with E-state index in [0.717, 1.165) is 27.8 Å². The van der Waals surface area contributed by atoms with Crippen LogP contribution in [0.4, 0.5) is 10.1 Å². The van der Waals surface area contributed by atoms with Crippen LogP contribution in [0.25, 0.3) is 22.3 Å². The number of nitrogens with zero attached hydrogens (tertiary/aromatic N) is 3. The number of anilines is 1. The van der Waals surface area contributed by atoms with E-state index in [0.29, 0.717) is 11.3 Å². The quantitative estimate of drug-likeness (QED) is 0.410. The Morgan fingerprint density at radius 2 is 1.66 bits per heavy atom. The molecule has 0 spiro atoms. The molecule has 7 nitrogen and oxygen atoms in total. The van der Waals surface area contributed by atoms with Crippen molar-refractivity contribution >= 4 is 17.5 Å². The van der Waals surface area contributed by atoms with E-state index in [1.54, 1.807) is 36.7 Å². The van der Waals surface area contributed by atoms with Gasteiger partial charge in [0.2, 0.25) is 0 Å². The summed E-state index contributed by atoms with van der Waals surface area (Å²) >= 11 is 0. The number of benzene rings is 1. The third kappa shape index (κ3) is 5.38. The number of nitrogens with two attached hydrogens (primary N) is 1. The highest BCUT2D eigenvalue weighted by Crippen LogP contribution is 2.30. The zero-order valence-electron chi connectivity index (χ0n) is 19.5. The van der Waals surface area contributed by atoms with Crippen LogP contribution in [-0.4, -0.2) is 26.8 Å². The third-order valence-corrected chi connectivity index (χ3v) is 5.52. The summed E-state index contributed by atoms with van der Waals surface area (Å²) in [5.41, 5.74) is 9.20. The average molecular weight is 470 g/mol. The Morgan fingerprint density at radius 1 is 0.914 bits per heavy atom. The fraction of sp³-hybridized carbons (Fsp3) is 0.148. The van der Waals surface area contributed by atoms with Crippen LogP contribution in [0.1, 0.15) is 46.0 Å². The summed E-state index contributed by atoms with van der Waals surface area (Å²) in [5.74, 6) is -0.970. The minimum absolute atomic E-state index is 0.171. The smallest absolute Gasteiger partial charge is 0.267 e. The number of rotatable bonds is 6. The zero-order chi connectivity index (χ0) is 25.2. The van der Waals surface area contributed by atoms with Crippen molar-refractivity contribution in [3.8, 4) is 22.3 Å². The van der Waals surface area contributed by atoms with Crippen molar-refractivity contribution in [2.75, 3.05) is 5.32 Å². The lowest BCUT2D eigenvalue weighted by molar-refractivity contribution is 0.0993. The predicted molar refractivity (Wildman–Crippen MR) is 132 cm³/mol. The van der Waals surface area contributed by atoms with Gasteiger partial charge in [0.05, 0.1) is 5.69 Å². The molecule has 8 heteroatoms. The predicted octanol–water partition coefficient (Wildman–Crippen LogP) is 5.07. The molecule has 0 aliphatic heterocycles. The minimum atomic E-state index is -1.65. The highest BCUT2D eigenvalue weighted by molar-refractivity contribution is 6.04. The number of hydrogen-bond acceptors (Lipinski definition) is 5. The van der Waals surface area contributed by atoms with Crippen LogP contribution in [0.15, 0.2) is 73.3 Å². The Kier molecular flexibility index (Phi) is 6.38. The van der Waals surface area contributed by atoms with Crippen LogP contribution >= 0.6 is 0 Å². The molecular formula is C27H24FN5O2. The summed E-state index contributed by atoms with van der Waals surface area (Å²) in [6.07, 6.45) is 6.37. The molecule has 176 valence electrons. The van der Waals surface area contributed by atoms with Gasteiger partial charge in [-0.2, -0.15) is 0 Å². The van der Waals surface area contributed by atoms with Crippen molar-refractivity contribution < 1.29 is 14.0 Å². The van der Waals surface area contributed by atoms with E-state index in [1.165, 1.54) is 32.3 Å². The van der Waals surface area contributed by atoms with Gasteiger partial charge < -0.3 is 11.1 Å². The van der Waals surface area contributed by atoms with E-state index in [4.69, 9.17) is 5.73 Å². The van der Waals surface area contributed by atoms with Gasteiger partial charge in [0.1, 0.15) is 11.4 Å². The second kappa shape index (κ2) is 9.42. The number of aromatic nitrogens is 3. The van der Waals surface area contributed by atoms with Gasteiger partial charge in [-0.1, -0.05) is 6.07 Å². The first-order valence-electron chi connectivity index (χ1n) is 10.9. The van der Waals surface area contributed by atoms with Crippen molar-refractivity contribution in [1.82, 2.24) is 15.0 Å². The minimum Gasteiger partial charge on any atom is -0.364 e. The normalized spacial score (nSPS) is 11.2. The molecule has 0 fully saturated rings. The first-order chi connectivity index (χ1) is 16.6. The number of primary amides is 1. The maximum Gasteiger partial charge on any atom is 0.267 e. The van der Waals surface area contributed by atoms with E-state index in [1.807, 2.05) is 25.1 Å². The SMILES string of the molecule is Cc1ccc(NC(=O)c2ccnc(C(C)(C)F)c2)cc1-c1cncc(-c2ccnc(C(N)=O)c2)c1. The molecule has 0 unspecified atom stereocenters. The number of carbonyl (C=O) groups excluding carboxylic acids is 2. The van der Waals surface area contributed by atoms with Gasteiger partial charge in [-0.15, -0.1) is 0 Å². The first-order valence-corrected chi connectivity index (χ1v) is 10.9. The summed E-state index contributed by atoms with van der Waals surface area (Å²) in [4.78, 5) is 36.7. The summed E-state index contributed by atoms with van der Waals surface area (Å²) in [6.45, 7) is 4.75. The second-order valence-electron chi connectivity index (χ2n) is 8.64. The molecular weight excluding hydrogens is 445 g/mol. The monoisotopic (exact) mass is 469 g/mol. The number of hydrogen-bond donors (Lipinski definition) is 2. The van der Waals surface area contributed by atoms with E-state index in [2.05, 4.69) is 20.3 Å². The van der Waals surface area contributed by atoms with Crippen molar-refractivity contribution in [1.29, 1.82) is 0 Å². The molecule has 35 heavy (non-hydrogen) atoms. The molecule has 4 rings (SSSR count). The van der Waals surface area contributed by atoms with Crippen LogP contribution in [0.5, 0.6) is 0 Å². The van der Waals surface area contributed by atoms with E-state index >= 15 is 0 Å². The Morgan fingerprint density at radius 3 is 2.40 bits per heavy atom. The van der Waals surface area contributed by atoms with Gasteiger partial charge in [0, 0.05) is 47.2 Å². The Labute approximate surface area is 202 Å². The molecule has 0 radical (unpaired) electrons. The van der Waals surface area contributed by atoms with E-state index in [-0.39, 0.29) is 17.3 Å². The van der Waals surface area contributed by atoms with Crippen LogP contribution in [0.2, 0.25) is 0 Å². The molecule has 0 saturated heterocycles. The van der Waals surface area contributed by atoms with Gasteiger partial charge in [0.25, 0.3) is 11.8 Å². The Balaban J connectivity index is 1.63. The molecule has 0 atom stereocenters. The van der Waals surface area contributed by atoms with Crippen molar-refractivity contribution in [3.05, 3.63) is 95.8 Å². The fourth-order valence-corrected chi connectivity index (χ4v) is 3.60. The summed E-state index contributed by atoms with van der Waals surface area (Å²) < 4.78 is 14.3. The number of alkyl halides is 1. The molecule has 2 amide bonds. The highest BCUT2D eigenvalue weighted by Gasteiger charge is 2.22. The van der Waals surface area contributed by atoms with Gasteiger partial charge in [-0.25, -0.2) is 4.39 Å². The molecule has 3 aromatic heterocycles. The molecule has 0 aliphatic rings. The Hall–Kier alpha value is -4.46. The van der Waals surface area contributed by atoms with Gasteiger partial charge >= 0.3 is 0 Å². The summed E-state index contributed by atoms with van der Waals surface area (Å²) in [5, 5.41) is 2.87. The van der Waals surface area contributed by atoms with Crippen molar-refractivity contribution in [2.24, 2.45) is 5.73 Å². The molecule has 0 saturated carbocycles. The molecule has 3 heterocycles. The van der Waals surface area contributed by atoms with E-state index in [9.17, 15) is 14.0 Å². The number of pyridine rings is 3. The summed E-state index contributed by atoms with van der Waals surface area (Å²) in [7, 11) is 0. The van der Waals surface area contributed by atoms with Crippen LogP contribution in [0.3, 0.4) is 0 Å². The van der Waals surface area contributed by atoms with Crippen molar-refractivity contribution in [2.45, 2.75) is 26.4 Å².